The first-order valence-electron chi connectivity index (χ1n) is 5.87. The molecule has 0 saturated heterocycles. The van der Waals surface area contributed by atoms with Gasteiger partial charge in [0, 0.05) is 12.7 Å². The SMILES string of the molecule is CCO[Si](C)(C)OC(C)C1CCCC1. The summed E-state index contributed by atoms with van der Waals surface area (Å²) < 4.78 is 11.8. The Labute approximate surface area is 89.2 Å². The summed E-state index contributed by atoms with van der Waals surface area (Å²) in [5, 5.41) is 0. The third-order valence-corrected chi connectivity index (χ3v) is 4.95. The van der Waals surface area contributed by atoms with E-state index < -0.39 is 8.56 Å². The van der Waals surface area contributed by atoms with Gasteiger partial charge in [-0.1, -0.05) is 12.8 Å². The second-order valence-electron chi connectivity index (χ2n) is 4.70. The smallest absolute Gasteiger partial charge is 0.331 e. The molecule has 1 aliphatic rings. The molecule has 1 saturated carbocycles. The van der Waals surface area contributed by atoms with Crippen LogP contribution in [0.5, 0.6) is 0 Å². The van der Waals surface area contributed by atoms with E-state index in [1.54, 1.807) is 0 Å². The van der Waals surface area contributed by atoms with Gasteiger partial charge in [0.1, 0.15) is 0 Å². The van der Waals surface area contributed by atoms with E-state index in [0.717, 1.165) is 12.5 Å². The van der Waals surface area contributed by atoms with Crippen LogP contribution in [-0.4, -0.2) is 21.3 Å². The predicted octanol–water partition coefficient (Wildman–Crippen LogP) is 3.32. The predicted molar refractivity (Wildman–Crippen MR) is 61.6 cm³/mol. The van der Waals surface area contributed by atoms with Crippen LogP contribution in [0, 0.1) is 5.92 Å². The van der Waals surface area contributed by atoms with Gasteiger partial charge < -0.3 is 8.85 Å². The Hall–Kier alpha value is 0.137. The van der Waals surface area contributed by atoms with E-state index in [9.17, 15) is 0 Å². The van der Waals surface area contributed by atoms with Crippen molar-refractivity contribution < 1.29 is 8.85 Å². The van der Waals surface area contributed by atoms with Crippen molar-refractivity contribution in [1.29, 1.82) is 0 Å². The molecule has 1 rings (SSSR count). The highest BCUT2D eigenvalue weighted by Crippen LogP contribution is 2.30. The van der Waals surface area contributed by atoms with Crippen molar-refractivity contribution >= 4 is 8.56 Å². The maximum Gasteiger partial charge on any atom is 0.331 e. The molecule has 0 N–H and O–H groups in total. The van der Waals surface area contributed by atoms with E-state index in [0.29, 0.717) is 6.10 Å². The van der Waals surface area contributed by atoms with Crippen LogP contribution >= 0.6 is 0 Å². The van der Waals surface area contributed by atoms with E-state index in [1.807, 2.05) is 6.92 Å². The molecular formula is C11H24O2Si. The molecule has 0 radical (unpaired) electrons. The largest absolute Gasteiger partial charge is 0.395 e. The van der Waals surface area contributed by atoms with Crippen LogP contribution in [0.25, 0.3) is 0 Å². The molecule has 0 bridgehead atoms. The van der Waals surface area contributed by atoms with Gasteiger partial charge in [-0.25, -0.2) is 0 Å². The number of hydrogen-bond donors (Lipinski definition) is 0. The zero-order valence-corrected chi connectivity index (χ0v) is 11.0. The van der Waals surface area contributed by atoms with E-state index in [-0.39, 0.29) is 0 Å². The fourth-order valence-electron chi connectivity index (χ4n) is 2.35. The van der Waals surface area contributed by atoms with Gasteiger partial charge in [0.2, 0.25) is 0 Å². The van der Waals surface area contributed by atoms with Gasteiger partial charge in [0.25, 0.3) is 0 Å². The molecule has 84 valence electrons. The molecule has 1 aliphatic carbocycles. The molecule has 0 aromatic carbocycles. The first-order valence-corrected chi connectivity index (χ1v) is 8.68. The van der Waals surface area contributed by atoms with E-state index in [2.05, 4.69) is 20.0 Å². The van der Waals surface area contributed by atoms with Crippen molar-refractivity contribution in [3.05, 3.63) is 0 Å². The van der Waals surface area contributed by atoms with E-state index in [1.165, 1.54) is 25.7 Å². The summed E-state index contributed by atoms with van der Waals surface area (Å²) in [4.78, 5) is 0. The molecule has 1 fully saturated rings. The number of rotatable bonds is 5. The minimum absolute atomic E-state index is 0.394. The summed E-state index contributed by atoms with van der Waals surface area (Å²) in [7, 11) is -1.83. The topological polar surface area (TPSA) is 18.5 Å². The molecular weight excluding hydrogens is 192 g/mol. The van der Waals surface area contributed by atoms with Crippen LogP contribution in [0.4, 0.5) is 0 Å². The average molecular weight is 216 g/mol. The minimum Gasteiger partial charge on any atom is -0.395 e. The van der Waals surface area contributed by atoms with Crippen LogP contribution in [0.3, 0.4) is 0 Å². The quantitative estimate of drug-likeness (QED) is 0.656. The molecule has 14 heavy (non-hydrogen) atoms. The lowest BCUT2D eigenvalue weighted by Crippen LogP contribution is -2.40. The zero-order chi connectivity index (χ0) is 10.6. The summed E-state index contributed by atoms with van der Waals surface area (Å²) in [6.07, 6.45) is 5.85. The Morgan fingerprint density at radius 3 is 2.36 bits per heavy atom. The van der Waals surface area contributed by atoms with Gasteiger partial charge in [0.05, 0.1) is 0 Å². The third kappa shape index (κ3) is 3.71. The Kier molecular flexibility index (Phi) is 4.61. The van der Waals surface area contributed by atoms with Crippen molar-refractivity contribution in [3.63, 3.8) is 0 Å². The van der Waals surface area contributed by atoms with Gasteiger partial charge in [-0.2, -0.15) is 0 Å². The molecule has 0 spiro atoms. The van der Waals surface area contributed by atoms with Gasteiger partial charge in [0.15, 0.2) is 0 Å². The molecule has 0 heterocycles. The van der Waals surface area contributed by atoms with Crippen LogP contribution in [0.1, 0.15) is 39.5 Å². The van der Waals surface area contributed by atoms with E-state index in [4.69, 9.17) is 8.85 Å². The highest BCUT2D eigenvalue weighted by Gasteiger charge is 2.31. The van der Waals surface area contributed by atoms with Crippen molar-refractivity contribution in [1.82, 2.24) is 0 Å². The lowest BCUT2D eigenvalue weighted by atomic mass is 10.0. The van der Waals surface area contributed by atoms with Crippen molar-refractivity contribution in [2.45, 2.75) is 58.7 Å². The molecule has 0 aromatic rings. The van der Waals surface area contributed by atoms with Gasteiger partial charge >= 0.3 is 8.56 Å². The Balaban J connectivity index is 2.34. The maximum atomic E-state index is 6.08. The summed E-state index contributed by atoms with van der Waals surface area (Å²) in [6.45, 7) is 9.31. The summed E-state index contributed by atoms with van der Waals surface area (Å²) >= 11 is 0. The third-order valence-electron chi connectivity index (χ3n) is 3.03. The van der Waals surface area contributed by atoms with Gasteiger partial charge in [-0.05, 0) is 45.7 Å². The zero-order valence-electron chi connectivity index (χ0n) is 10.0. The molecule has 0 aromatic heterocycles. The lowest BCUT2D eigenvalue weighted by molar-refractivity contribution is 0.0950. The summed E-state index contributed by atoms with van der Waals surface area (Å²) in [5.41, 5.74) is 0. The maximum absolute atomic E-state index is 6.08. The molecule has 0 aliphatic heterocycles. The first-order chi connectivity index (χ1) is 6.55. The normalized spacial score (nSPS) is 21.4. The van der Waals surface area contributed by atoms with Gasteiger partial charge in [-0.3, -0.25) is 0 Å². The second-order valence-corrected chi connectivity index (χ2v) is 8.02. The van der Waals surface area contributed by atoms with Gasteiger partial charge in [-0.15, -0.1) is 0 Å². The van der Waals surface area contributed by atoms with Crippen molar-refractivity contribution in [2.75, 3.05) is 6.61 Å². The Bertz CT molecular complexity index is 165. The summed E-state index contributed by atoms with van der Waals surface area (Å²) in [5.74, 6) is 0.780. The Morgan fingerprint density at radius 1 is 1.29 bits per heavy atom. The Morgan fingerprint density at radius 2 is 1.86 bits per heavy atom. The monoisotopic (exact) mass is 216 g/mol. The highest BCUT2D eigenvalue weighted by molar-refractivity contribution is 6.64. The minimum atomic E-state index is -1.83. The van der Waals surface area contributed by atoms with Crippen LogP contribution in [0.2, 0.25) is 13.1 Å². The van der Waals surface area contributed by atoms with Crippen LogP contribution < -0.4 is 0 Å². The van der Waals surface area contributed by atoms with Crippen LogP contribution in [-0.2, 0) is 8.85 Å². The lowest BCUT2D eigenvalue weighted by Gasteiger charge is -2.29. The van der Waals surface area contributed by atoms with Crippen LogP contribution in [0.15, 0.2) is 0 Å². The molecule has 1 atom stereocenters. The molecule has 3 heteroatoms. The number of hydrogen-bond acceptors (Lipinski definition) is 2. The second kappa shape index (κ2) is 5.28. The molecule has 1 unspecified atom stereocenters. The molecule has 0 amide bonds. The molecule has 2 nitrogen and oxygen atoms in total. The van der Waals surface area contributed by atoms with E-state index >= 15 is 0 Å². The fourth-order valence-corrected chi connectivity index (χ4v) is 4.20. The average Bonchev–Trinajstić information content (AvgIpc) is 2.53. The summed E-state index contributed by atoms with van der Waals surface area (Å²) in [6, 6.07) is 0. The highest BCUT2D eigenvalue weighted by atomic mass is 28.4. The van der Waals surface area contributed by atoms with Crippen molar-refractivity contribution in [2.24, 2.45) is 5.92 Å². The standard InChI is InChI=1S/C11H24O2Si/c1-5-12-14(3,4)13-10(2)11-8-6-7-9-11/h10-11H,5-9H2,1-4H3. The van der Waals surface area contributed by atoms with Crippen molar-refractivity contribution in [3.8, 4) is 0 Å². The first kappa shape index (κ1) is 12.2. The fraction of sp³-hybridized carbons (Fsp3) is 1.00.